The van der Waals surface area contributed by atoms with Crippen LogP contribution in [0.15, 0.2) is 42.5 Å². The summed E-state index contributed by atoms with van der Waals surface area (Å²) in [4.78, 5) is 13.6. The van der Waals surface area contributed by atoms with Crippen molar-refractivity contribution in [2.24, 2.45) is 11.7 Å². The molecule has 1 heterocycles. The normalized spacial score (nSPS) is 11.2. The Labute approximate surface area is 195 Å². The molecule has 0 atom stereocenters. The molecule has 0 aliphatic heterocycles. The van der Waals surface area contributed by atoms with Crippen molar-refractivity contribution in [1.82, 2.24) is 15.0 Å². The third kappa shape index (κ3) is 8.80. The fourth-order valence-corrected chi connectivity index (χ4v) is 3.10. The molecule has 9 heteroatoms. The third-order valence-electron chi connectivity index (χ3n) is 4.81. The SMILES string of the molecule is CC(C)CCNc1nc(NCCOCCOCCN)nc(Nc2ccc3ccccc3c2)n1. The van der Waals surface area contributed by atoms with Gasteiger partial charge in [0.1, 0.15) is 0 Å². The highest BCUT2D eigenvalue weighted by molar-refractivity contribution is 5.86. The summed E-state index contributed by atoms with van der Waals surface area (Å²) in [6.45, 7) is 8.38. The molecule has 0 saturated carbocycles. The molecule has 0 fully saturated rings. The zero-order valence-corrected chi connectivity index (χ0v) is 19.5. The predicted octanol–water partition coefficient (Wildman–Crippen LogP) is 3.63. The summed E-state index contributed by atoms with van der Waals surface area (Å²) >= 11 is 0. The Hall–Kier alpha value is -3.01. The van der Waals surface area contributed by atoms with Crippen LogP contribution in [-0.2, 0) is 9.47 Å². The van der Waals surface area contributed by atoms with Crippen molar-refractivity contribution in [3.8, 4) is 0 Å². The lowest BCUT2D eigenvalue weighted by molar-refractivity contribution is 0.0547. The molecular formula is C24H35N7O2. The van der Waals surface area contributed by atoms with Gasteiger partial charge in [0.25, 0.3) is 0 Å². The molecule has 0 unspecified atom stereocenters. The van der Waals surface area contributed by atoms with Crippen LogP contribution < -0.4 is 21.7 Å². The second kappa shape index (κ2) is 13.5. The highest BCUT2D eigenvalue weighted by atomic mass is 16.5. The standard InChI is InChI=1S/C24H35N7O2/c1-18(2)9-11-26-22-29-23(27-12-14-33-16-15-32-13-10-25)31-24(30-22)28-21-8-7-19-5-3-4-6-20(19)17-21/h3-8,17-18H,9-16,25H2,1-2H3,(H3,26,27,28,29,30,31). The van der Waals surface area contributed by atoms with E-state index in [2.05, 4.69) is 69.0 Å². The molecule has 33 heavy (non-hydrogen) atoms. The summed E-state index contributed by atoms with van der Waals surface area (Å²) in [7, 11) is 0. The van der Waals surface area contributed by atoms with E-state index in [9.17, 15) is 0 Å². The Kier molecular flexibility index (Phi) is 10.1. The first-order valence-electron chi connectivity index (χ1n) is 11.5. The van der Waals surface area contributed by atoms with E-state index >= 15 is 0 Å². The van der Waals surface area contributed by atoms with Crippen LogP contribution in [0.2, 0.25) is 0 Å². The van der Waals surface area contributed by atoms with E-state index in [1.165, 1.54) is 5.39 Å². The number of nitrogens with one attached hydrogen (secondary N) is 3. The fourth-order valence-electron chi connectivity index (χ4n) is 3.10. The van der Waals surface area contributed by atoms with E-state index < -0.39 is 0 Å². The smallest absolute Gasteiger partial charge is 0.233 e. The average molecular weight is 454 g/mol. The Balaban J connectivity index is 1.62. The van der Waals surface area contributed by atoms with E-state index in [0.29, 0.717) is 63.3 Å². The molecule has 9 nitrogen and oxygen atoms in total. The molecule has 0 amide bonds. The Bertz CT molecular complexity index is 984. The molecular weight excluding hydrogens is 418 g/mol. The van der Waals surface area contributed by atoms with Crippen LogP contribution in [0.4, 0.5) is 23.5 Å². The number of hydrogen-bond donors (Lipinski definition) is 4. The molecule has 3 rings (SSSR count). The summed E-state index contributed by atoms with van der Waals surface area (Å²) in [5.74, 6) is 2.10. The van der Waals surface area contributed by atoms with E-state index in [0.717, 1.165) is 24.0 Å². The summed E-state index contributed by atoms with van der Waals surface area (Å²) in [6, 6.07) is 14.4. The van der Waals surface area contributed by atoms with Gasteiger partial charge in [-0.15, -0.1) is 0 Å². The van der Waals surface area contributed by atoms with Gasteiger partial charge in [0.15, 0.2) is 0 Å². The molecule has 0 radical (unpaired) electrons. The van der Waals surface area contributed by atoms with E-state index in [1.807, 2.05) is 18.2 Å². The second-order valence-electron chi connectivity index (χ2n) is 8.04. The number of fused-ring (bicyclic) bond motifs is 1. The van der Waals surface area contributed by atoms with Gasteiger partial charge in [-0.25, -0.2) is 0 Å². The molecule has 0 saturated heterocycles. The zero-order chi connectivity index (χ0) is 23.3. The lowest BCUT2D eigenvalue weighted by atomic mass is 10.1. The van der Waals surface area contributed by atoms with Gasteiger partial charge < -0.3 is 31.2 Å². The van der Waals surface area contributed by atoms with Crippen molar-refractivity contribution in [1.29, 1.82) is 0 Å². The minimum absolute atomic E-state index is 0.478. The van der Waals surface area contributed by atoms with Crippen LogP contribution in [0.3, 0.4) is 0 Å². The number of nitrogens with zero attached hydrogens (tertiary/aromatic N) is 3. The van der Waals surface area contributed by atoms with Crippen LogP contribution in [0, 0.1) is 5.92 Å². The number of ether oxygens (including phenoxy) is 2. The highest BCUT2D eigenvalue weighted by Crippen LogP contribution is 2.21. The Morgan fingerprint density at radius 3 is 2.18 bits per heavy atom. The number of anilines is 4. The van der Waals surface area contributed by atoms with Gasteiger partial charge in [-0.05, 0) is 35.2 Å². The molecule has 178 valence electrons. The summed E-state index contributed by atoms with van der Waals surface area (Å²) in [5.41, 5.74) is 6.31. The second-order valence-corrected chi connectivity index (χ2v) is 8.04. The van der Waals surface area contributed by atoms with Crippen molar-refractivity contribution >= 4 is 34.3 Å². The Morgan fingerprint density at radius 2 is 1.45 bits per heavy atom. The quantitative estimate of drug-likeness (QED) is 0.256. The maximum absolute atomic E-state index is 5.56. The van der Waals surface area contributed by atoms with Crippen LogP contribution in [0.25, 0.3) is 10.8 Å². The molecule has 0 bridgehead atoms. The van der Waals surface area contributed by atoms with Gasteiger partial charge in [0, 0.05) is 25.3 Å². The summed E-state index contributed by atoms with van der Waals surface area (Å²) in [5, 5.41) is 12.2. The first-order valence-corrected chi connectivity index (χ1v) is 11.5. The van der Waals surface area contributed by atoms with Gasteiger partial charge in [0.2, 0.25) is 17.8 Å². The van der Waals surface area contributed by atoms with Gasteiger partial charge in [-0.3, -0.25) is 0 Å². The Morgan fingerprint density at radius 1 is 0.788 bits per heavy atom. The van der Waals surface area contributed by atoms with Gasteiger partial charge in [0.05, 0.1) is 26.4 Å². The lowest BCUT2D eigenvalue weighted by Gasteiger charge is -2.12. The third-order valence-corrected chi connectivity index (χ3v) is 4.81. The fraction of sp³-hybridized carbons (Fsp3) is 0.458. The molecule has 2 aromatic carbocycles. The van der Waals surface area contributed by atoms with Crippen molar-refractivity contribution < 1.29 is 9.47 Å². The minimum Gasteiger partial charge on any atom is -0.378 e. The molecule has 3 aromatic rings. The number of hydrogen-bond acceptors (Lipinski definition) is 9. The number of nitrogens with two attached hydrogens (primary N) is 1. The largest absolute Gasteiger partial charge is 0.378 e. The van der Waals surface area contributed by atoms with Gasteiger partial charge in [-0.2, -0.15) is 15.0 Å². The maximum Gasteiger partial charge on any atom is 0.233 e. The van der Waals surface area contributed by atoms with Crippen LogP contribution >= 0.6 is 0 Å². The maximum atomic E-state index is 5.56. The monoisotopic (exact) mass is 453 g/mol. The molecule has 0 aliphatic carbocycles. The van der Waals surface area contributed by atoms with E-state index in [4.69, 9.17) is 15.2 Å². The number of benzene rings is 2. The van der Waals surface area contributed by atoms with Crippen molar-refractivity contribution in [2.45, 2.75) is 20.3 Å². The van der Waals surface area contributed by atoms with E-state index in [-0.39, 0.29) is 0 Å². The highest BCUT2D eigenvalue weighted by Gasteiger charge is 2.08. The summed E-state index contributed by atoms with van der Waals surface area (Å²) in [6.07, 6.45) is 1.03. The number of rotatable bonds is 15. The summed E-state index contributed by atoms with van der Waals surface area (Å²) < 4.78 is 10.9. The average Bonchev–Trinajstić information content (AvgIpc) is 2.80. The van der Waals surface area contributed by atoms with Crippen molar-refractivity contribution in [3.63, 3.8) is 0 Å². The van der Waals surface area contributed by atoms with Crippen LogP contribution in [0.1, 0.15) is 20.3 Å². The predicted molar refractivity (Wildman–Crippen MR) is 134 cm³/mol. The number of aromatic nitrogens is 3. The van der Waals surface area contributed by atoms with Crippen LogP contribution in [0.5, 0.6) is 0 Å². The first-order chi connectivity index (χ1) is 16.1. The zero-order valence-electron chi connectivity index (χ0n) is 19.5. The topological polar surface area (TPSA) is 119 Å². The van der Waals surface area contributed by atoms with Crippen molar-refractivity contribution in [2.75, 3.05) is 62.0 Å². The van der Waals surface area contributed by atoms with Gasteiger partial charge in [-0.1, -0.05) is 44.2 Å². The molecule has 0 aliphatic rings. The van der Waals surface area contributed by atoms with Gasteiger partial charge >= 0.3 is 0 Å². The lowest BCUT2D eigenvalue weighted by Crippen LogP contribution is -2.17. The van der Waals surface area contributed by atoms with Crippen LogP contribution in [-0.4, -0.2) is 61.0 Å². The van der Waals surface area contributed by atoms with E-state index in [1.54, 1.807) is 0 Å². The van der Waals surface area contributed by atoms with Crippen molar-refractivity contribution in [3.05, 3.63) is 42.5 Å². The minimum atomic E-state index is 0.478. The molecule has 0 spiro atoms. The molecule has 5 N–H and O–H groups in total. The first kappa shape index (κ1) is 24.6. The molecule has 1 aromatic heterocycles.